The third-order valence-corrected chi connectivity index (χ3v) is 4.13. The molecule has 0 saturated heterocycles. The molecule has 0 spiro atoms. The topological polar surface area (TPSA) is 53.9 Å². The van der Waals surface area contributed by atoms with Gasteiger partial charge in [0.1, 0.15) is 0 Å². The maximum Gasteiger partial charge on any atom is 0.249 e. The fraction of sp³-hybridized carbons (Fsp3) is 0.211. The number of rotatable bonds is 5. The first-order chi connectivity index (χ1) is 12.1. The van der Waals surface area contributed by atoms with Gasteiger partial charge in [-0.15, -0.1) is 5.10 Å². The Bertz CT molecular complexity index is 881. The van der Waals surface area contributed by atoms with Crippen LogP contribution in [0.1, 0.15) is 18.1 Å². The highest BCUT2D eigenvalue weighted by atomic mass is 35.5. The van der Waals surface area contributed by atoms with Gasteiger partial charge in [0.2, 0.25) is 5.95 Å². The fourth-order valence-electron chi connectivity index (χ4n) is 2.60. The zero-order valence-corrected chi connectivity index (χ0v) is 15.2. The molecule has 6 heteroatoms. The van der Waals surface area contributed by atoms with Crippen LogP contribution in [0.4, 0.5) is 23.1 Å². The normalized spacial score (nSPS) is 10.6. The van der Waals surface area contributed by atoms with Crippen LogP contribution >= 0.6 is 11.6 Å². The number of aromatic nitrogens is 3. The van der Waals surface area contributed by atoms with Gasteiger partial charge in [-0.3, -0.25) is 0 Å². The van der Waals surface area contributed by atoms with Gasteiger partial charge in [0.05, 0.1) is 6.20 Å². The number of benzene rings is 2. The number of nitrogens with one attached hydrogen (secondary N) is 1. The highest BCUT2D eigenvalue weighted by Crippen LogP contribution is 2.26. The Morgan fingerprint density at radius 2 is 1.96 bits per heavy atom. The van der Waals surface area contributed by atoms with Crippen molar-refractivity contribution in [2.45, 2.75) is 20.8 Å². The molecule has 1 aromatic heterocycles. The van der Waals surface area contributed by atoms with Gasteiger partial charge in [-0.1, -0.05) is 29.8 Å². The van der Waals surface area contributed by atoms with E-state index in [1.54, 1.807) is 6.20 Å². The molecule has 2 aromatic carbocycles. The van der Waals surface area contributed by atoms with Crippen LogP contribution in [-0.2, 0) is 0 Å². The van der Waals surface area contributed by atoms with E-state index in [1.807, 2.05) is 31.2 Å². The van der Waals surface area contributed by atoms with Gasteiger partial charge in [0.15, 0.2) is 5.82 Å². The SMILES string of the molecule is CCN(c1cccc(C)c1)c1cnnc(Nc2cc(Cl)ccc2C)n1. The number of aryl methyl sites for hydroxylation is 2. The minimum atomic E-state index is 0.439. The molecule has 0 atom stereocenters. The van der Waals surface area contributed by atoms with E-state index in [0.29, 0.717) is 11.0 Å². The van der Waals surface area contributed by atoms with E-state index in [4.69, 9.17) is 11.6 Å². The number of hydrogen-bond donors (Lipinski definition) is 1. The summed E-state index contributed by atoms with van der Waals surface area (Å²) in [5.74, 6) is 1.18. The predicted octanol–water partition coefficient (Wildman–Crippen LogP) is 5.04. The van der Waals surface area contributed by atoms with Crippen molar-refractivity contribution >= 4 is 34.7 Å². The molecular formula is C19H20ClN5. The first kappa shape index (κ1) is 17.2. The molecule has 0 amide bonds. The molecule has 1 N–H and O–H groups in total. The quantitative estimate of drug-likeness (QED) is 0.696. The van der Waals surface area contributed by atoms with Crippen molar-refractivity contribution in [3.8, 4) is 0 Å². The predicted molar refractivity (Wildman–Crippen MR) is 103 cm³/mol. The van der Waals surface area contributed by atoms with Gasteiger partial charge < -0.3 is 10.2 Å². The molecule has 0 radical (unpaired) electrons. The van der Waals surface area contributed by atoms with E-state index >= 15 is 0 Å². The Morgan fingerprint density at radius 1 is 1.12 bits per heavy atom. The van der Waals surface area contributed by atoms with Gasteiger partial charge >= 0.3 is 0 Å². The monoisotopic (exact) mass is 353 g/mol. The van der Waals surface area contributed by atoms with E-state index in [2.05, 4.69) is 57.4 Å². The molecule has 0 fully saturated rings. The highest BCUT2D eigenvalue weighted by molar-refractivity contribution is 6.30. The summed E-state index contributed by atoms with van der Waals surface area (Å²) in [5, 5.41) is 12.1. The molecular weight excluding hydrogens is 334 g/mol. The molecule has 128 valence electrons. The Labute approximate surface area is 152 Å². The minimum Gasteiger partial charge on any atom is -0.325 e. The maximum atomic E-state index is 6.08. The average molecular weight is 354 g/mol. The smallest absolute Gasteiger partial charge is 0.249 e. The van der Waals surface area contributed by atoms with Crippen molar-refractivity contribution < 1.29 is 0 Å². The number of nitrogens with zero attached hydrogens (tertiary/aromatic N) is 4. The van der Waals surface area contributed by atoms with Crippen LogP contribution in [0.5, 0.6) is 0 Å². The van der Waals surface area contributed by atoms with Crippen molar-refractivity contribution in [3.63, 3.8) is 0 Å². The molecule has 5 nitrogen and oxygen atoms in total. The number of halogens is 1. The maximum absolute atomic E-state index is 6.08. The lowest BCUT2D eigenvalue weighted by Crippen LogP contribution is -2.18. The summed E-state index contributed by atoms with van der Waals surface area (Å²) in [6.45, 7) is 6.93. The molecule has 0 saturated carbocycles. The highest BCUT2D eigenvalue weighted by Gasteiger charge is 2.11. The van der Waals surface area contributed by atoms with Gasteiger partial charge in [-0.05, 0) is 56.2 Å². The standard InChI is InChI=1S/C19H20ClN5/c1-4-25(16-7-5-6-13(2)10-16)18-12-21-24-19(23-18)22-17-11-15(20)9-8-14(17)3/h5-12H,4H2,1-3H3,(H,22,23,24). The Hall–Kier alpha value is -2.66. The van der Waals surface area contributed by atoms with Crippen LogP contribution in [0.15, 0.2) is 48.7 Å². The molecule has 0 unspecified atom stereocenters. The summed E-state index contributed by atoms with van der Waals surface area (Å²) in [4.78, 5) is 6.71. The summed E-state index contributed by atoms with van der Waals surface area (Å²) < 4.78 is 0. The van der Waals surface area contributed by atoms with Gasteiger partial charge in [0, 0.05) is 22.9 Å². The Morgan fingerprint density at radius 3 is 2.72 bits per heavy atom. The average Bonchev–Trinajstić information content (AvgIpc) is 2.59. The molecule has 25 heavy (non-hydrogen) atoms. The lowest BCUT2D eigenvalue weighted by molar-refractivity contribution is 0.921. The summed E-state index contributed by atoms with van der Waals surface area (Å²) >= 11 is 6.08. The van der Waals surface area contributed by atoms with Crippen molar-refractivity contribution in [1.29, 1.82) is 0 Å². The summed E-state index contributed by atoms with van der Waals surface area (Å²) in [6.07, 6.45) is 1.67. The molecule has 0 aliphatic rings. The van der Waals surface area contributed by atoms with Crippen LogP contribution in [0.3, 0.4) is 0 Å². The summed E-state index contributed by atoms with van der Waals surface area (Å²) in [5.41, 5.74) is 4.20. The lowest BCUT2D eigenvalue weighted by atomic mass is 10.2. The van der Waals surface area contributed by atoms with E-state index in [9.17, 15) is 0 Å². The molecule has 0 aliphatic heterocycles. The van der Waals surface area contributed by atoms with E-state index in [-0.39, 0.29) is 0 Å². The van der Waals surface area contributed by atoms with Crippen molar-refractivity contribution in [1.82, 2.24) is 15.2 Å². The second-order valence-electron chi connectivity index (χ2n) is 5.81. The molecule has 3 aromatic rings. The molecule has 0 aliphatic carbocycles. The summed E-state index contributed by atoms with van der Waals surface area (Å²) in [7, 11) is 0. The van der Waals surface area contributed by atoms with Gasteiger partial charge in [-0.25, -0.2) is 0 Å². The fourth-order valence-corrected chi connectivity index (χ4v) is 2.77. The first-order valence-electron chi connectivity index (χ1n) is 8.14. The van der Waals surface area contributed by atoms with Gasteiger partial charge in [-0.2, -0.15) is 10.1 Å². The van der Waals surface area contributed by atoms with Crippen molar-refractivity contribution in [2.75, 3.05) is 16.8 Å². The molecule has 0 bridgehead atoms. The van der Waals surface area contributed by atoms with E-state index < -0.39 is 0 Å². The molecule has 3 rings (SSSR count). The lowest BCUT2D eigenvalue weighted by Gasteiger charge is -2.22. The van der Waals surface area contributed by atoms with E-state index in [1.165, 1.54) is 5.56 Å². The summed E-state index contributed by atoms with van der Waals surface area (Å²) in [6, 6.07) is 14.0. The van der Waals surface area contributed by atoms with Crippen molar-refractivity contribution in [3.05, 3.63) is 64.8 Å². The van der Waals surface area contributed by atoms with Crippen LogP contribution in [0.2, 0.25) is 5.02 Å². The Balaban J connectivity index is 1.91. The van der Waals surface area contributed by atoms with Gasteiger partial charge in [0.25, 0.3) is 0 Å². The molecule has 1 heterocycles. The van der Waals surface area contributed by atoms with Crippen molar-refractivity contribution in [2.24, 2.45) is 0 Å². The first-order valence-corrected chi connectivity index (χ1v) is 8.51. The number of hydrogen-bond acceptors (Lipinski definition) is 5. The second kappa shape index (κ2) is 7.49. The van der Waals surface area contributed by atoms with E-state index in [0.717, 1.165) is 29.3 Å². The zero-order chi connectivity index (χ0) is 17.8. The Kier molecular flexibility index (Phi) is 5.14. The minimum absolute atomic E-state index is 0.439. The van der Waals surface area contributed by atoms with Crippen LogP contribution in [0, 0.1) is 13.8 Å². The van der Waals surface area contributed by atoms with Crippen LogP contribution in [0.25, 0.3) is 0 Å². The van der Waals surface area contributed by atoms with Crippen LogP contribution < -0.4 is 10.2 Å². The number of anilines is 4. The largest absolute Gasteiger partial charge is 0.325 e. The third-order valence-electron chi connectivity index (χ3n) is 3.90. The second-order valence-corrected chi connectivity index (χ2v) is 6.24. The third kappa shape index (κ3) is 4.06. The van der Waals surface area contributed by atoms with Crippen LogP contribution in [-0.4, -0.2) is 21.7 Å². The zero-order valence-electron chi connectivity index (χ0n) is 14.5.